The van der Waals surface area contributed by atoms with E-state index in [1.807, 2.05) is 42.5 Å². The Morgan fingerprint density at radius 2 is 1.15 bits per heavy atom. The van der Waals surface area contributed by atoms with Crippen LogP contribution in [0.1, 0.15) is 36.0 Å². The van der Waals surface area contributed by atoms with Gasteiger partial charge in [0.15, 0.2) is 0 Å². The van der Waals surface area contributed by atoms with Crippen molar-refractivity contribution in [2.24, 2.45) is 0 Å². The fourth-order valence-corrected chi connectivity index (χ4v) is 4.36. The van der Waals surface area contributed by atoms with Crippen LogP contribution >= 0.6 is 0 Å². The van der Waals surface area contributed by atoms with Gasteiger partial charge in [-0.05, 0) is 67.3 Å². The summed E-state index contributed by atoms with van der Waals surface area (Å²) < 4.78 is 17.7. The second-order valence-corrected chi connectivity index (χ2v) is 8.73. The van der Waals surface area contributed by atoms with Crippen LogP contribution in [-0.4, -0.2) is 37.1 Å². The molecule has 33 heavy (non-hydrogen) atoms. The molecule has 1 aliphatic heterocycles. The molecule has 0 aliphatic carbocycles. The van der Waals surface area contributed by atoms with Gasteiger partial charge in [0, 0.05) is 0 Å². The Hall–Kier alpha value is -2.82. The quantitative estimate of drug-likeness (QED) is 0.585. The molecule has 3 aromatic carbocycles. The van der Waals surface area contributed by atoms with Crippen molar-refractivity contribution in [2.75, 3.05) is 26.4 Å². The summed E-state index contributed by atoms with van der Waals surface area (Å²) in [6, 6.07) is 26.7. The van der Waals surface area contributed by atoms with Crippen molar-refractivity contribution in [1.29, 1.82) is 0 Å². The topological polar surface area (TPSA) is 47.9 Å². The van der Waals surface area contributed by atoms with Gasteiger partial charge in [0.25, 0.3) is 0 Å². The molecule has 0 atom stereocenters. The summed E-state index contributed by atoms with van der Waals surface area (Å²) in [6.07, 6.45) is 4.46. The molecular formula is C29H34O4. The fourth-order valence-electron chi connectivity index (χ4n) is 4.36. The number of aliphatic hydroxyl groups is 1. The number of para-hydroxylation sites is 2. The Morgan fingerprint density at radius 3 is 1.73 bits per heavy atom. The smallest absolute Gasteiger partial charge is 0.122 e. The summed E-state index contributed by atoms with van der Waals surface area (Å²) in [5.41, 5.74) is 2.74. The van der Waals surface area contributed by atoms with E-state index in [9.17, 15) is 5.11 Å². The third kappa shape index (κ3) is 7.08. The molecule has 0 spiro atoms. The van der Waals surface area contributed by atoms with Crippen LogP contribution in [0.4, 0.5) is 0 Å². The summed E-state index contributed by atoms with van der Waals surface area (Å²) in [5.74, 6) is 1.75. The molecule has 1 heterocycles. The van der Waals surface area contributed by atoms with Gasteiger partial charge in [-0.1, -0.05) is 66.7 Å². The molecule has 0 saturated carbocycles. The van der Waals surface area contributed by atoms with E-state index in [1.165, 1.54) is 5.56 Å². The Labute approximate surface area is 197 Å². The molecular weight excluding hydrogens is 412 g/mol. The first-order chi connectivity index (χ1) is 16.2. The lowest BCUT2D eigenvalue weighted by Crippen LogP contribution is -2.31. The van der Waals surface area contributed by atoms with Crippen molar-refractivity contribution in [3.63, 3.8) is 0 Å². The van der Waals surface area contributed by atoms with E-state index in [0.29, 0.717) is 39.3 Å². The maximum atomic E-state index is 11.8. The zero-order chi connectivity index (χ0) is 22.8. The van der Waals surface area contributed by atoms with E-state index in [4.69, 9.17) is 14.2 Å². The summed E-state index contributed by atoms with van der Waals surface area (Å²) in [6.45, 7) is 2.01. The first kappa shape index (κ1) is 23.3. The number of fused-ring (bicyclic) bond motifs is 2. The molecule has 0 unspecified atom stereocenters. The highest BCUT2D eigenvalue weighted by molar-refractivity contribution is 5.35. The predicted molar refractivity (Wildman–Crippen MR) is 131 cm³/mol. The molecule has 0 saturated heterocycles. The van der Waals surface area contributed by atoms with E-state index in [-0.39, 0.29) is 0 Å². The van der Waals surface area contributed by atoms with Gasteiger partial charge in [0.1, 0.15) is 24.7 Å². The minimum Gasteiger partial charge on any atom is -0.491 e. The van der Waals surface area contributed by atoms with E-state index < -0.39 is 5.60 Å². The molecule has 0 fully saturated rings. The fraction of sp³-hybridized carbons (Fsp3) is 0.379. The van der Waals surface area contributed by atoms with Crippen LogP contribution in [0.5, 0.6) is 11.5 Å². The maximum Gasteiger partial charge on any atom is 0.122 e. The number of rotatable bonds is 3. The molecule has 4 nitrogen and oxygen atoms in total. The van der Waals surface area contributed by atoms with Gasteiger partial charge in [-0.15, -0.1) is 0 Å². The lowest BCUT2D eigenvalue weighted by atomic mass is 9.84. The normalized spacial score (nSPS) is 17.1. The first-order valence-corrected chi connectivity index (χ1v) is 12.0. The monoisotopic (exact) mass is 446 g/mol. The zero-order valence-corrected chi connectivity index (χ0v) is 19.2. The van der Waals surface area contributed by atoms with Gasteiger partial charge in [-0.2, -0.15) is 0 Å². The highest BCUT2D eigenvalue weighted by atomic mass is 16.5. The van der Waals surface area contributed by atoms with Crippen LogP contribution in [-0.2, 0) is 24.0 Å². The molecule has 0 radical (unpaired) electrons. The van der Waals surface area contributed by atoms with Gasteiger partial charge >= 0.3 is 0 Å². The summed E-state index contributed by atoms with van der Waals surface area (Å²) in [5, 5.41) is 11.8. The zero-order valence-electron chi connectivity index (χ0n) is 19.2. The lowest BCUT2D eigenvalue weighted by molar-refractivity contribution is 0.0145. The Balaban J connectivity index is 1.54. The maximum absolute atomic E-state index is 11.8. The number of hydrogen-bond donors (Lipinski definition) is 1. The minimum atomic E-state index is -0.782. The van der Waals surface area contributed by atoms with Crippen LogP contribution in [0, 0.1) is 0 Å². The summed E-state index contributed by atoms with van der Waals surface area (Å²) in [7, 11) is 0. The van der Waals surface area contributed by atoms with Gasteiger partial charge in [-0.3, -0.25) is 0 Å². The number of ether oxygens (including phenoxy) is 3. The van der Waals surface area contributed by atoms with Crippen molar-refractivity contribution in [3.05, 3.63) is 95.6 Å². The second kappa shape index (κ2) is 11.9. The first-order valence-electron chi connectivity index (χ1n) is 12.0. The van der Waals surface area contributed by atoms with Gasteiger partial charge < -0.3 is 19.3 Å². The molecule has 4 rings (SSSR count). The molecule has 1 N–H and O–H groups in total. The molecule has 174 valence electrons. The molecule has 0 amide bonds. The molecule has 4 heteroatoms. The average molecular weight is 447 g/mol. The Kier molecular flexibility index (Phi) is 8.40. The highest BCUT2D eigenvalue weighted by Gasteiger charge is 2.27. The number of hydrogen-bond acceptors (Lipinski definition) is 4. The van der Waals surface area contributed by atoms with Crippen molar-refractivity contribution in [2.45, 2.75) is 44.1 Å². The van der Waals surface area contributed by atoms with Crippen LogP contribution in [0.15, 0.2) is 78.9 Å². The van der Waals surface area contributed by atoms with Crippen molar-refractivity contribution in [3.8, 4) is 11.5 Å². The van der Waals surface area contributed by atoms with E-state index in [0.717, 1.165) is 48.3 Å². The minimum absolute atomic E-state index is 0.492. The number of benzene rings is 3. The van der Waals surface area contributed by atoms with Crippen molar-refractivity contribution < 1.29 is 19.3 Å². The van der Waals surface area contributed by atoms with Gasteiger partial charge in [-0.25, -0.2) is 0 Å². The van der Waals surface area contributed by atoms with E-state index in [2.05, 4.69) is 36.4 Å². The van der Waals surface area contributed by atoms with E-state index in [1.54, 1.807) is 0 Å². The second-order valence-electron chi connectivity index (χ2n) is 8.73. The van der Waals surface area contributed by atoms with Crippen LogP contribution < -0.4 is 9.47 Å². The van der Waals surface area contributed by atoms with E-state index >= 15 is 0 Å². The van der Waals surface area contributed by atoms with Crippen LogP contribution in [0.25, 0.3) is 0 Å². The third-order valence-corrected chi connectivity index (χ3v) is 6.36. The SMILES string of the molecule is OC1(CCc2ccccc2)CCc2ccccc2OCCOCCOc2ccccc2CC1. The highest BCUT2D eigenvalue weighted by Crippen LogP contribution is 2.31. The van der Waals surface area contributed by atoms with Gasteiger partial charge in [0.05, 0.1) is 18.8 Å². The molecule has 1 aliphatic rings. The van der Waals surface area contributed by atoms with Crippen molar-refractivity contribution >= 4 is 0 Å². The largest absolute Gasteiger partial charge is 0.491 e. The molecule has 0 bridgehead atoms. The standard InChI is InChI=1S/C29H34O4/c30-29(17-14-24-8-2-1-3-9-24)18-15-25-10-4-6-12-27(25)32-22-20-31-21-23-33-28-13-7-5-11-26(28)16-19-29/h1-13,30H,14-23H2. The molecule has 0 aromatic heterocycles. The number of aryl methyl sites for hydroxylation is 3. The lowest BCUT2D eigenvalue weighted by Gasteiger charge is -2.29. The van der Waals surface area contributed by atoms with Crippen molar-refractivity contribution in [1.82, 2.24) is 0 Å². The Bertz CT molecular complexity index is 930. The van der Waals surface area contributed by atoms with Gasteiger partial charge in [0.2, 0.25) is 0 Å². The molecule has 3 aromatic rings. The van der Waals surface area contributed by atoms with Crippen LogP contribution in [0.3, 0.4) is 0 Å². The third-order valence-electron chi connectivity index (χ3n) is 6.36. The Morgan fingerprint density at radius 1 is 0.636 bits per heavy atom. The summed E-state index contributed by atoms with van der Waals surface area (Å²) in [4.78, 5) is 0. The predicted octanol–water partition coefficient (Wildman–Crippen LogP) is 5.40. The average Bonchev–Trinajstić information content (AvgIpc) is 2.86. The summed E-state index contributed by atoms with van der Waals surface area (Å²) >= 11 is 0. The van der Waals surface area contributed by atoms with Crippen LogP contribution in [0.2, 0.25) is 0 Å².